The molecule has 1 fully saturated rings. The van der Waals surface area contributed by atoms with Crippen LogP contribution in [0.15, 0.2) is 41.0 Å². The van der Waals surface area contributed by atoms with Crippen molar-refractivity contribution in [1.82, 2.24) is 0 Å². The fraction of sp³-hybridized carbons (Fsp3) is 0.267. The van der Waals surface area contributed by atoms with Crippen molar-refractivity contribution in [2.75, 3.05) is 0 Å². The molecule has 92 valence electrons. The van der Waals surface area contributed by atoms with Crippen molar-refractivity contribution in [2.45, 2.75) is 25.2 Å². The van der Waals surface area contributed by atoms with Crippen LogP contribution in [0, 0.1) is 0 Å². The monoisotopic (exact) mass is 242 g/mol. The first-order chi connectivity index (χ1) is 8.77. The van der Waals surface area contributed by atoms with E-state index < -0.39 is 5.97 Å². The zero-order chi connectivity index (χ0) is 12.5. The second-order valence-electron chi connectivity index (χ2n) is 4.69. The Morgan fingerprint density at radius 3 is 2.50 bits per heavy atom. The predicted octanol–water partition coefficient (Wildman–Crippen LogP) is 3.91. The number of rotatable bonds is 3. The van der Waals surface area contributed by atoms with E-state index >= 15 is 0 Å². The zero-order valence-electron chi connectivity index (χ0n) is 9.93. The first-order valence-corrected chi connectivity index (χ1v) is 6.17. The van der Waals surface area contributed by atoms with E-state index in [4.69, 9.17) is 4.42 Å². The summed E-state index contributed by atoms with van der Waals surface area (Å²) in [4.78, 5) is 11.5. The number of carboxylic acids is 1. The van der Waals surface area contributed by atoms with Crippen LogP contribution in [0.5, 0.6) is 0 Å². The highest BCUT2D eigenvalue weighted by atomic mass is 16.4. The number of aromatic carboxylic acids is 1. The summed E-state index contributed by atoms with van der Waals surface area (Å²) in [5.41, 5.74) is 1.92. The fourth-order valence-electron chi connectivity index (χ4n) is 2.39. The SMILES string of the molecule is O=C(O)c1c(-c2ccccc2)coc1C1CCC1. The van der Waals surface area contributed by atoms with Crippen molar-refractivity contribution < 1.29 is 14.3 Å². The van der Waals surface area contributed by atoms with Gasteiger partial charge in [0.05, 0.1) is 6.26 Å². The lowest BCUT2D eigenvalue weighted by Gasteiger charge is -2.23. The third kappa shape index (κ3) is 1.72. The maximum atomic E-state index is 11.5. The van der Waals surface area contributed by atoms with Crippen LogP contribution in [0.4, 0.5) is 0 Å². The summed E-state index contributed by atoms with van der Waals surface area (Å²) >= 11 is 0. The van der Waals surface area contributed by atoms with Gasteiger partial charge in [-0.25, -0.2) is 4.79 Å². The minimum Gasteiger partial charge on any atom is -0.478 e. The molecule has 18 heavy (non-hydrogen) atoms. The summed E-state index contributed by atoms with van der Waals surface area (Å²) in [5, 5.41) is 9.41. The van der Waals surface area contributed by atoms with Crippen LogP contribution in [-0.2, 0) is 0 Å². The van der Waals surface area contributed by atoms with Gasteiger partial charge in [0, 0.05) is 11.5 Å². The van der Waals surface area contributed by atoms with Gasteiger partial charge in [0.25, 0.3) is 0 Å². The van der Waals surface area contributed by atoms with Crippen molar-refractivity contribution in [3.05, 3.63) is 47.9 Å². The molecule has 3 nitrogen and oxygen atoms in total. The Labute approximate surface area is 105 Å². The third-order valence-corrected chi connectivity index (χ3v) is 3.59. The maximum absolute atomic E-state index is 11.5. The van der Waals surface area contributed by atoms with Crippen LogP contribution >= 0.6 is 0 Å². The maximum Gasteiger partial charge on any atom is 0.339 e. The van der Waals surface area contributed by atoms with Crippen molar-refractivity contribution >= 4 is 5.97 Å². The highest BCUT2D eigenvalue weighted by molar-refractivity contribution is 5.97. The van der Waals surface area contributed by atoms with Crippen molar-refractivity contribution in [2.24, 2.45) is 0 Å². The number of hydrogen-bond donors (Lipinski definition) is 1. The van der Waals surface area contributed by atoms with Crippen LogP contribution in [0.25, 0.3) is 11.1 Å². The van der Waals surface area contributed by atoms with Crippen LogP contribution in [0.3, 0.4) is 0 Å². The van der Waals surface area contributed by atoms with Gasteiger partial charge in [-0.2, -0.15) is 0 Å². The average molecular weight is 242 g/mol. The topological polar surface area (TPSA) is 50.4 Å². The van der Waals surface area contributed by atoms with Gasteiger partial charge in [-0.05, 0) is 18.4 Å². The summed E-state index contributed by atoms with van der Waals surface area (Å²) in [6, 6.07) is 9.52. The van der Waals surface area contributed by atoms with Crippen molar-refractivity contribution in [1.29, 1.82) is 0 Å². The molecule has 3 heteroatoms. The van der Waals surface area contributed by atoms with Gasteiger partial charge in [0.15, 0.2) is 0 Å². The van der Waals surface area contributed by atoms with Crippen molar-refractivity contribution in [3.8, 4) is 11.1 Å². The summed E-state index contributed by atoms with van der Waals surface area (Å²) in [7, 11) is 0. The Balaban J connectivity index is 2.10. The normalized spacial score (nSPS) is 15.3. The Hall–Kier alpha value is -2.03. The number of carboxylic acid groups (broad SMARTS) is 1. The van der Waals surface area contributed by atoms with Crippen LogP contribution in [0.1, 0.15) is 41.3 Å². The fourth-order valence-corrected chi connectivity index (χ4v) is 2.39. The molecule has 1 aliphatic rings. The van der Waals surface area contributed by atoms with Gasteiger partial charge in [-0.1, -0.05) is 36.8 Å². The van der Waals surface area contributed by atoms with E-state index in [-0.39, 0.29) is 5.92 Å². The molecule has 1 aliphatic carbocycles. The molecule has 0 unspecified atom stereocenters. The lowest BCUT2D eigenvalue weighted by Crippen LogP contribution is -2.12. The summed E-state index contributed by atoms with van der Waals surface area (Å²) in [5.74, 6) is 0.0330. The molecule has 2 aromatic rings. The molecule has 0 aliphatic heterocycles. The minimum atomic E-state index is -0.899. The van der Waals surface area contributed by atoms with Gasteiger partial charge in [0.1, 0.15) is 11.3 Å². The molecule has 1 heterocycles. The van der Waals surface area contributed by atoms with Crippen molar-refractivity contribution in [3.63, 3.8) is 0 Å². The van der Waals surface area contributed by atoms with Gasteiger partial charge >= 0.3 is 5.97 Å². The Morgan fingerprint density at radius 1 is 1.22 bits per heavy atom. The number of furan rings is 1. The molecule has 3 rings (SSSR count). The smallest absolute Gasteiger partial charge is 0.339 e. The molecular formula is C15H14O3. The number of hydrogen-bond acceptors (Lipinski definition) is 2. The molecular weight excluding hydrogens is 228 g/mol. The molecule has 0 saturated heterocycles. The molecule has 1 aromatic heterocycles. The lowest BCUT2D eigenvalue weighted by molar-refractivity contribution is 0.0693. The first-order valence-electron chi connectivity index (χ1n) is 6.17. The van der Waals surface area contributed by atoms with E-state index in [2.05, 4.69) is 0 Å². The van der Waals surface area contributed by atoms with Gasteiger partial charge in [-0.15, -0.1) is 0 Å². The first kappa shape index (κ1) is 11.1. The zero-order valence-corrected chi connectivity index (χ0v) is 9.93. The van der Waals surface area contributed by atoms with E-state index in [9.17, 15) is 9.90 Å². The molecule has 0 spiro atoms. The largest absolute Gasteiger partial charge is 0.478 e. The Morgan fingerprint density at radius 2 is 1.94 bits per heavy atom. The van der Waals surface area contributed by atoms with Gasteiger partial charge < -0.3 is 9.52 Å². The Bertz CT molecular complexity index is 565. The quantitative estimate of drug-likeness (QED) is 0.887. The highest BCUT2D eigenvalue weighted by Gasteiger charge is 2.30. The van der Waals surface area contributed by atoms with E-state index in [0.717, 1.165) is 24.8 Å². The van der Waals surface area contributed by atoms with E-state index in [1.165, 1.54) is 0 Å². The summed E-state index contributed by atoms with van der Waals surface area (Å²) in [6.45, 7) is 0. The number of benzene rings is 1. The molecule has 1 aromatic carbocycles. The molecule has 0 radical (unpaired) electrons. The molecule has 0 amide bonds. The predicted molar refractivity (Wildman–Crippen MR) is 67.7 cm³/mol. The van der Waals surface area contributed by atoms with Gasteiger partial charge in [0.2, 0.25) is 0 Å². The standard InChI is InChI=1S/C15H14O3/c16-15(17)13-12(10-5-2-1-3-6-10)9-18-14(13)11-7-4-8-11/h1-3,5-6,9,11H,4,7-8H2,(H,16,17). The molecule has 0 atom stereocenters. The lowest BCUT2D eigenvalue weighted by atomic mass is 9.81. The second kappa shape index (κ2) is 4.33. The van der Waals surface area contributed by atoms with Crippen LogP contribution in [0.2, 0.25) is 0 Å². The highest BCUT2D eigenvalue weighted by Crippen LogP contribution is 2.41. The molecule has 1 saturated carbocycles. The summed E-state index contributed by atoms with van der Waals surface area (Å²) in [6.07, 6.45) is 4.79. The van der Waals surface area contributed by atoms with E-state index in [1.807, 2.05) is 30.3 Å². The molecule has 0 bridgehead atoms. The number of carbonyl (C=O) groups is 1. The average Bonchev–Trinajstić information content (AvgIpc) is 2.72. The van der Waals surface area contributed by atoms with Crippen LogP contribution < -0.4 is 0 Å². The summed E-state index contributed by atoms with van der Waals surface area (Å²) < 4.78 is 5.53. The Kier molecular flexibility index (Phi) is 2.67. The minimum absolute atomic E-state index is 0.286. The van der Waals surface area contributed by atoms with E-state index in [0.29, 0.717) is 16.9 Å². The van der Waals surface area contributed by atoms with Gasteiger partial charge in [-0.3, -0.25) is 0 Å². The second-order valence-corrected chi connectivity index (χ2v) is 4.69. The third-order valence-electron chi connectivity index (χ3n) is 3.59. The van der Waals surface area contributed by atoms with Crippen LogP contribution in [-0.4, -0.2) is 11.1 Å². The molecule has 1 N–H and O–H groups in total. The van der Waals surface area contributed by atoms with E-state index in [1.54, 1.807) is 6.26 Å².